The van der Waals surface area contributed by atoms with E-state index in [-0.39, 0.29) is 36.2 Å². The second kappa shape index (κ2) is 10.4. The fraction of sp³-hybridized carbons (Fsp3) is 0.318. The molecule has 1 aliphatic rings. The molecule has 0 bridgehead atoms. The van der Waals surface area contributed by atoms with E-state index in [2.05, 4.69) is 11.8 Å². The Morgan fingerprint density at radius 3 is 2.45 bits per heavy atom. The van der Waals surface area contributed by atoms with Gasteiger partial charge in [0.15, 0.2) is 0 Å². The van der Waals surface area contributed by atoms with Crippen molar-refractivity contribution >= 4 is 47.6 Å². The van der Waals surface area contributed by atoms with Crippen LogP contribution in [0.4, 0.5) is 4.39 Å². The molecular weight excluding hydrogens is 434 g/mol. The van der Waals surface area contributed by atoms with E-state index in [0.29, 0.717) is 16.6 Å². The van der Waals surface area contributed by atoms with Gasteiger partial charge in [0.05, 0.1) is 0 Å². The molecule has 2 aromatic rings. The van der Waals surface area contributed by atoms with Crippen molar-refractivity contribution in [3.63, 3.8) is 0 Å². The molecule has 2 unspecified atom stereocenters. The van der Waals surface area contributed by atoms with Crippen LogP contribution < -0.4 is 0 Å². The fourth-order valence-corrected chi connectivity index (χ4v) is 3.91. The van der Waals surface area contributed by atoms with Crippen molar-refractivity contribution in [2.75, 3.05) is 13.1 Å². The SMILES string of the molecule is CC1CN(C(=O)/C=C/c2ccc(Cl)cc2Cl)C(C)CN1Cc1ccc(F)cc1.Cl. The van der Waals surface area contributed by atoms with Gasteiger partial charge in [-0.15, -0.1) is 12.4 Å². The third-order valence-corrected chi connectivity index (χ3v) is 5.63. The number of nitrogens with zero attached hydrogens (tertiary/aromatic N) is 2. The quantitative estimate of drug-likeness (QED) is 0.551. The Hall–Kier alpha value is -1.59. The third-order valence-electron chi connectivity index (χ3n) is 5.07. The van der Waals surface area contributed by atoms with Gasteiger partial charge in [0.1, 0.15) is 5.82 Å². The monoisotopic (exact) mass is 456 g/mol. The van der Waals surface area contributed by atoms with E-state index in [1.54, 1.807) is 30.4 Å². The van der Waals surface area contributed by atoms with Crippen LogP contribution in [-0.4, -0.2) is 40.9 Å². The number of amides is 1. The van der Waals surface area contributed by atoms with Crippen molar-refractivity contribution in [3.05, 3.63) is 75.5 Å². The Morgan fingerprint density at radius 2 is 1.79 bits per heavy atom. The second-order valence-corrected chi connectivity index (χ2v) is 8.09. The van der Waals surface area contributed by atoms with Gasteiger partial charge in [-0.25, -0.2) is 4.39 Å². The summed E-state index contributed by atoms with van der Waals surface area (Å²) in [4.78, 5) is 16.9. The summed E-state index contributed by atoms with van der Waals surface area (Å²) in [6.45, 7) is 6.30. The zero-order valence-corrected chi connectivity index (χ0v) is 18.6. The smallest absolute Gasteiger partial charge is 0.246 e. The summed E-state index contributed by atoms with van der Waals surface area (Å²) in [6.07, 6.45) is 3.29. The number of hydrogen-bond acceptors (Lipinski definition) is 2. The summed E-state index contributed by atoms with van der Waals surface area (Å²) in [5, 5.41) is 1.08. The lowest BCUT2D eigenvalue weighted by Crippen LogP contribution is -2.57. The van der Waals surface area contributed by atoms with Gasteiger partial charge < -0.3 is 4.90 Å². The fourth-order valence-electron chi connectivity index (χ4n) is 3.44. The van der Waals surface area contributed by atoms with Crippen molar-refractivity contribution in [1.82, 2.24) is 9.80 Å². The molecular formula is C22H24Cl3FN2O. The minimum Gasteiger partial charge on any atom is -0.334 e. The van der Waals surface area contributed by atoms with Crippen LogP contribution in [0.15, 0.2) is 48.5 Å². The Balaban J connectivity index is 0.00000300. The highest BCUT2D eigenvalue weighted by Gasteiger charge is 2.30. The number of halogens is 4. The largest absolute Gasteiger partial charge is 0.334 e. The van der Waals surface area contributed by atoms with Gasteiger partial charge in [0, 0.05) is 47.8 Å². The zero-order valence-electron chi connectivity index (χ0n) is 16.3. The van der Waals surface area contributed by atoms with E-state index in [4.69, 9.17) is 23.2 Å². The van der Waals surface area contributed by atoms with E-state index in [1.807, 2.05) is 24.0 Å². The van der Waals surface area contributed by atoms with Crippen LogP contribution in [0.3, 0.4) is 0 Å². The molecule has 7 heteroatoms. The highest BCUT2D eigenvalue weighted by molar-refractivity contribution is 6.35. The predicted molar refractivity (Wildman–Crippen MR) is 120 cm³/mol. The molecule has 0 N–H and O–H groups in total. The van der Waals surface area contributed by atoms with Crippen molar-refractivity contribution < 1.29 is 9.18 Å². The number of hydrogen-bond donors (Lipinski definition) is 0. The van der Waals surface area contributed by atoms with Crippen LogP contribution >= 0.6 is 35.6 Å². The molecule has 3 rings (SSSR count). The molecule has 1 saturated heterocycles. The Bertz CT molecular complexity index is 873. The third kappa shape index (κ3) is 6.19. The Labute approximate surface area is 187 Å². The number of carbonyl (C=O) groups excluding carboxylic acids is 1. The molecule has 2 aromatic carbocycles. The van der Waals surface area contributed by atoms with Gasteiger partial charge in [-0.1, -0.05) is 41.4 Å². The standard InChI is InChI=1S/C22H23Cl2FN2O.ClH/c1-15-13-27(22(28)10-6-18-5-7-19(23)11-21(18)24)16(2)12-26(15)14-17-3-8-20(25)9-4-17;/h3-11,15-16H,12-14H2,1-2H3;1H/b10-6+;. The highest BCUT2D eigenvalue weighted by atomic mass is 35.5. The van der Waals surface area contributed by atoms with Crippen molar-refractivity contribution in [3.8, 4) is 0 Å². The molecule has 0 saturated carbocycles. The van der Waals surface area contributed by atoms with Crippen LogP contribution in [0.25, 0.3) is 6.08 Å². The maximum atomic E-state index is 13.1. The van der Waals surface area contributed by atoms with Gasteiger partial charge in [0.25, 0.3) is 0 Å². The van der Waals surface area contributed by atoms with Crippen molar-refractivity contribution in [1.29, 1.82) is 0 Å². The molecule has 1 fully saturated rings. The molecule has 1 heterocycles. The van der Waals surface area contributed by atoms with Crippen LogP contribution in [0, 0.1) is 5.82 Å². The average molecular weight is 458 g/mol. The first kappa shape index (κ1) is 23.7. The number of carbonyl (C=O) groups is 1. The lowest BCUT2D eigenvalue weighted by molar-refractivity contribution is -0.131. The van der Waals surface area contributed by atoms with E-state index in [9.17, 15) is 9.18 Å². The topological polar surface area (TPSA) is 23.6 Å². The van der Waals surface area contributed by atoms with Gasteiger partial charge in [-0.3, -0.25) is 9.69 Å². The summed E-state index contributed by atoms with van der Waals surface area (Å²) in [6, 6.07) is 12.1. The maximum absolute atomic E-state index is 13.1. The van der Waals surface area contributed by atoms with Gasteiger partial charge >= 0.3 is 0 Å². The molecule has 3 nitrogen and oxygen atoms in total. The minimum absolute atomic E-state index is 0. The second-order valence-electron chi connectivity index (χ2n) is 7.24. The molecule has 2 atom stereocenters. The molecule has 1 amide bonds. The van der Waals surface area contributed by atoms with E-state index < -0.39 is 0 Å². The summed E-state index contributed by atoms with van der Waals surface area (Å²) in [5.41, 5.74) is 1.83. The van der Waals surface area contributed by atoms with Crippen molar-refractivity contribution in [2.24, 2.45) is 0 Å². The summed E-state index contributed by atoms with van der Waals surface area (Å²) < 4.78 is 13.1. The first-order valence-corrected chi connectivity index (χ1v) is 10.0. The summed E-state index contributed by atoms with van der Waals surface area (Å²) in [5.74, 6) is -0.264. The van der Waals surface area contributed by atoms with Crippen LogP contribution in [0.5, 0.6) is 0 Å². The van der Waals surface area contributed by atoms with E-state index >= 15 is 0 Å². The lowest BCUT2D eigenvalue weighted by atomic mass is 10.1. The predicted octanol–water partition coefficient (Wildman–Crippen LogP) is 5.69. The highest BCUT2D eigenvalue weighted by Crippen LogP contribution is 2.23. The molecule has 0 aromatic heterocycles. The number of piperazine rings is 1. The Morgan fingerprint density at radius 1 is 1.10 bits per heavy atom. The first-order chi connectivity index (χ1) is 13.3. The summed E-state index contributed by atoms with van der Waals surface area (Å²) in [7, 11) is 0. The van der Waals surface area contributed by atoms with Crippen LogP contribution in [0.1, 0.15) is 25.0 Å². The van der Waals surface area contributed by atoms with Crippen LogP contribution in [-0.2, 0) is 11.3 Å². The molecule has 0 spiro atoms. The normalized spacial score (nSPS) is 20.0. The maximum Gasteiger partial charge on any atom is 0.246 e. The number of rotatable bonds is 4. The van der Waals surface area contributed by atoms with Gasteiger partial charge in [0.2, 0.25) is 5.91 Å². The molecule has 29 heavy (non-hydrogen) atoms. The molecule has 0 radical (unpaired) electrons. The van der Waals surface area contributed by atoms with Crippen LogP contribution in [0.2, 0.25) is 10.0 Å². The zero-order chi connectivity index (χ0) is 20.3. The lowest BCUT2D eigenvalue weighted by Gasteiger charge is -2.44. The Kier molecular flexibility index (Phi) is 8.53. The molecule has 1 aliphatic heterocycles. The summed E-state index contributed by atoms with van der Waals surface area (Å²) >= 11 is 12.1. The molecule has 0 aliphatic carbocycles. The first-order valence-electron chi connectivity index (χ1n) is 9.25. The number of benzene rings is 2. The van der Waals surface area contributed by atoms with Gasteiger partial charge in [-0.2, -0.15) is 0 Å². The van der Waals surface area contributed by atoms with Gasteiger partial charge in [-0.05, 0) is 55.3 Å². The van der Waals surface area contributed by atoms with E-state index in [1.165, 1.54) is 12.1 Å². The molecule has 156 valence electrons. The average Bonchev–Trinajstić information content (AvgIpc) is 2.65. The van der Waals surface area contributed by atoms with E-state index in [0.717, 1.165) is 24.2 Å². The van der Waals surface area contributed by atoms with Crippen molar-refractivity contribution in [2.45, 2.75) is 32.5 Å². The minimum atomic E-state index is -0.229.